The third-order valence-corrected chi connectivity index (χ3v) is 23.1. The molecule has 0 aromatic rings. The first kappa shape index (κ1) is 34.4. The van der Waals surface area contributed by atoms with E-state index in [4.69, 9.17) is 26.6 Å². The summed E-state index contributed by atoms with van der Waals surface area (Å²) in [7, 11) is -7.89. The van der Waals surface area contributed by atoms with Crippen LogP contribution < -0.4 is 0 Å². The quantitative estimate of drug-likeness (QED) is 0.126. The lowest BCUT2D eigenvalue weighted by molar-refractivity contribution is 0.0969. The maximum Gasteiger partial charge on any atom is 0.325 e. The molecule has 0 amide bonds. The van der Waals surface area contributed by atoms with Crippen LogP contribution in [0.2, 0.25) is 34.8 Å². The zero-order valence-electron chi connectivity index (χ0n) is 25.8. The summed E-state index contributed by atoms with van der Waals surface area (Å²) in [6.45, 7) is 31.2. The van der Waals surface area contributed by atoms with Crippen LogP contribution in [0.25, 0.3) is 0 Å². The monoisotopic (exact) mass is 564 g/mol. The molecule has 0 atom stereocenters. The molecule has 1 rings (SSSR count). The van der Waals surface area contributed by atoms with E-state index in [1.165, 1.54) is 0 Å². The van der Waals surface area contributed by atoms with Crippen molar-refractivity contribution in [2.45, 2.75) is 118 Å². The number of rotatable bonds is 18. The number of ether oxygens (including phenoxy) is 3. The second-order valence-electron chi connectivity index (χ2n) is 12.9. The van der Waals surface area contributed by atoms with Crippen LogP contribution in [0.1, 0.15) is 83.1 Å². The molecule has 216 valence electrons. The van der Waals surface area contributed by atoms with E-state index in [1.807, 2.05) is 0 Å². The largest absolute Gasteiger partial charge is 0.415 e. The van der Waals surface area contributed by atoms with Gasteiger partial charge in [0, 0.05) is 57.8 Å². The van der Waals surface area contributed by atoms with Crippen molar-refractivity contribution in [1.29, 1.82) is 0 Å². The van der Waals surface area contributed by atoms with Crippen molar-refractivity contribution in [3.8, 4) is 0 Å². The first-order valence-corrected chi connectivity index (χ1v) is 20.8. The average molecular weight is 565 g/mol. The van der Waals surface area contributed by atoms with Gasteiger partial charge in [-0.05, 0) is 34.4 Å². The Labute approximate surface area is 227 Å². The normalized spacial score (nSPS) is 27.5. The molecule has 1 fully saturated rings. The number of hydrogen-bond donors (Lipinski definition) is 0. The summed E-state index contributed by atoms with van der Waals surface area (Å²) < 4.78 is 40.2. The van der Waals surface area contributed by atoms with Gasteiger partial charge < -0.3 is 26.6 Å². The van der Waals surface area contributed by atoms with Gasteiger partial charge in [-0.25, -0.2) is 0 Å². The molecule has 1 saturated heterocycles. The maximum atomic E-state index is 7.32. The fourth-order valence-electron chi connectivity index (χ4n) is 4.42. The van der Waals surface area contributed by atoms with Gasteiger partial charge in [0.25, 0.3) is 0 Å². The van der Waals surface area contributed by atoms with Crippen LogP contribution in [0.5, 0.6) is 0 Å². The van der Waals surface area contributed by atoms with E-state index in [2.05, 4.69) is 83.1 Å². The molecule has 0 unspecified atom stereocenters. The topological polar surface area (TPSA) is 55.4 Å². The molecule has 0 saturated carbocycles. The minimum atomic E-state index is -2.63. The smallest absolute Gasteiger partial charge is 0.325 e. The zero-order valence-corrected chi connectivity index (χ0v) is 28.8. The van der Waals surface area contributed by atoms with Gasteiger partial charge in [0.05, 0.1) is 0 Å². The zero-order chi connectivity index (χ0) is 27.6. The first-order valence-electron chi connectivity index (χ1n) is 14.5. The van der Waals surface area contributed by atoms with Crippen molar-refractivity contribution in [3.05, 3.63) is 0 Å². The highest BCUT2D eigenvalue weighted by Crippen LogP contribution is 2.49. The summed E-state index contributed by atoms with van der Waals surface area (Å²) in [4.78, 5) is 0. The van der Waals surface area contributed by atoms with Crippen LogP contribution >= 0.6 is 0 Å². The lowest BCUT2D eigenvalue weighted by Crippen LogP contribution is -2.73. The van der Waals surface area contributed by atoms with Gasteiger partial charge in [-0.3, -0.25) is 0 Å². The molecule has 9 heteroatoms. The number of hydrogen-bond acceptors (Lipinski definition) is 6. The SMILES string of the molecule is CC(C)COCC[Si]1(C(C)C)O[Si](CCOCC(C)C)(C(C)C)O[Si](CCOCC(C)C)(C(C)C)O1. The van der Waals surface area contributed by atoms with Gasteiger partial charge >= 0.3 is 25.7 Å². The Morgan fingerprint density at radius 1 is 0.417 bits per heavy atom. The average Bonchev–Trinajstić information content (AvgIpc) is 2.76. The molecule has 0 radical (unpaired) electrons. The molecule has 0 aromatic heterocycles. The maximum absolute atomic E-state index is 7.32. The Bertz CT molecular complexity index is 511. The summed E-state index contributed by atoms with van der Waals surface area (Å²) >= 11 is 0. The third kappa shape index (κ3) is 10.5. The van der Waals surface area contributed by atoms with Crippen molar-refractivity contribution in [2.24, 2.45) is 17.8 Å². The van der Waals surface area contributed by atoms with E-state index in [0.29, 0.717) is 54.2 Å². The van der Waals surface area contributed by atoms with Crippen LogP contribution in [-0.2, 0) is 26.6 Å². The summed E-state index contributed by atoms with van der Waals surface area (Å²) in [5.41, 5.74) is 0.940. The summed E-state index contributed by atoms with van der Waals surface area (Å²) in [5.74, 6) is 1.55. The lowest BCUT2D eigenvalue weighted by atomic mass is 10.2. The van der Waals surface area contributed by atoms with Gasteiger partial charge in [-0.2, -0.15) is 0 Å². The van der Waals surface area contributed by atoms with Crippen molar-refractivity contribution >= 4 is 25.7 Å². The van der Waals surface area contributed by atoms with Gasteiger partial charge in [0.2, 0.25) is 0 Å². The highest BCUT2D eigenvalue weighted by atomic mass is 28.5. The van der Waals surface area contributed by atoms with Gasteiger partial charge in [-0.15, -0.1) is 0 Å². The fraction of sp³-hybridized carbons (Fsp3) is 1.00. The van der Waals surface area contributed by atoms with Crippen molar-refractivity contribution in [3.63, 3.8) is 0 Å². The van der Waals surface area contributed by atoms with Crippen LogP contribution in [0.15, 0.2) is 0 Å². The Morgan fingerprint density at radius 3 is 0.806 bits per heavy atom. The van der Waals surface area contributed by atoms with Crippen LogP contribution in [0, 0.1) is 17.8 Å². The van der Waals surface area contributed by atoms with E-state index >= 15 is 0 Å². The van der Waals surface area contributed by atoms with Gasteiger partial charge in [-0.1, -0.05) is 83.1 Å². The molecule has 0 bridgehead atoms. The highest BCUT2D eigenvalue weighted by molar-refractivity contribution is 6.96. The summed E-state index contributed by atoms with van der Waals surface area (Å²) in [6.07, 6.45) is 0. The molecular weight excluding hydrogens is 505 g/mol. The Kier molecular flexibility index (Phi) is 15.2. The Morgan fingerprint density at radius 2 is 0.639 bits per heavy atom. The molecule has 0 aliphatic carbocycles. The Balaban J connectivity index is 3.35. The van der Waals surface area contributed by atoms with Crippen LogP contribution in [-0.4, -0.2) is 65.3 Å². The second-order valence-corrected chi connectivity index (χ2v) is 25.1. The molecule has 36 heavy (non-hydrogen) atoms. The predicted molar refractivity (Wildman–Crippen MR) is 157 cm³/mol. The van der Waals surface area contributed by atoms with E-state index in [0.717, 1.165) is 38.0 Å². The van der Waals surface area contributed by atoms with E-state index in [-0.39, 0.29) is 0 Å². The van der Waals surface area contributed by atoms with Crippen molar-refractivity contribution < 1.29 is 26.6 Å². The molecule has 0 N–H and O–H groups in total. The minimum absolute atomic E-state index is 0.313. The van der Waals surface area contributed by atoms with Crippen LogP contribution in [0.3, 0.4) is 0 Å². The lowest BCUT2D eigenvalue weighted by Gasteiger charge is -2.57. The molecule has 1 heterocycles. The Hall–Kier alpha value is 0.411. The second kappa shape index (κ2) is 15.9. The van der Waals surface area contributed by atoms with Gasteiger partial charge in [0.1, 0.15) is 0 Å². The van der Waals surface area contributed by atoms with E-state index in [1.54, 1.807) is 0 Å². The standard InChI is InChI=1S/C27H60O6Si3/c1-22(2)19-28-13-16-34(25(7)8)31-35(26(9)10,17-14-29-20-23(3)4)33-36(32-34,27(11)12)18-15-30-21-24(5)6/h22-27H,13-21H2,1-12H3. The molecular formula is C27H60O6Si3. The summed E-state index contributed by atoms with van der Waals surface area (Å²) in [5, 5.41) is 0. The third-order valence-electron chi connectivity index (χ3n) is 6.81. The van der Waals surface area contributed by atoms with E-state index in [9.17, 15) is 0 Å². The summed E-state index contributed by atoms with van der Waals surface area (Å²) in [6, 6.07) is 2.55. The fourth-order valence-corrected chi connectivity index (χ4v) is 24.2. The van der Waals surface area contributed by atoms with Crippen LogP contribution in [0.4, 0.5) is 0 Å². The molecule has 0 spiro atoms. The van der Waals surface area contributed by atoms with Crippen molar-refractivity contribution in [1.82, 2.24) is 0 Å². The molecule has 1 aliphatic heterocycles. The predicted octanol–water partition coefficient (Wildman–Crippen LogP) is 7.62. The minimum Gasteiger partial charge on any atom is -0.415 e. The van der Waals surface area contributed by atoms with Crippen molar-refractivity contribution in [2.75, 3.05) is 39.6 Å². The molecule has 0 aromatic carbocycles. The highest BCUT2D eigenvalue weighted by Gasteiger charge is 2.64. The van der Waals surface area contributed by atoms with Gasteiger partial charge in [0.15, 0.2) is 0 Å². The molecule has 6 nitrogen and oxygen atoms in total. The first-order chi connectivity index (χ1) is 16.7. The van der Waals surface area contributed by atoms with E-state index < -0.39 is 25.7 Å². The molecule has 1 aliphatic rings.